The Balaban J connectivity index is 3.15. The first-order valence-corrected chi connectivity index (χ1v) is 4.24. The normalized spacial score (nSPS) is 22.5. The van der Waals surface area contributed by atoms with Crippen LogP contribution in [0.4, 0.5) is 0 Å². The van der Waals surface area contributed by atoms with Gasteiger partial charge in [-0.1, -0.05) is 6.92 Å². The van der Waals surface area contributed by atoms with Crippen LogP contribution in [0.3, 0.4) is 0 Å². The fourth-order valence-electron chi connectivity index (χ4n) is 1.63. The van der Waals surface area contributed by atoms with Gasteiger partial charge in [0.15, 0.2) is 5.71 Å². The van der Waals surface area contributed by atoms with Gasteiger partial charge in [0.25, 0.3) is 0 Å². The van der Waals surface area contributed by atoms with Gasteiger partial charge in [-0.15, -0.1) is 0 Å². The molecular formula is C8H14N2O3. The largest absolute Gasteiger partial charge is 0.623 e. The molecule has 1 N–H and O–H groups in total. The van der Waals surface area contributed by atoms with E-state index in [0.717, 1.165) is 0 Å². The van der Waals surface area contributed by atoms with Gasteiger partial charge in [-0.25, -0.2) is 9.80 Å². The second-order valence-corrected chi connectivity index (χ2v) is 3.60. The number of nitrogens with zero attached hydrogens (tertiary/aromatic N) is 2. The Kier molecular flexibility index (Phi) is 2.30. The van der Waals surface area contributed by atoms with Crippen molar-refractivity contribution in [1.82, 2.24) is 5.06 Å². The van der Waals surface area contributed by atoms with E-state index in [9.17, 15) is 15.2 Å². The highest BCUT2D eigenvalue weighted by atomic mass is 16.5. The van der Waals surface area contributed by atoms with Gasteiger partial charge >= 0.3 is 5.91 Å². The lowest BCUT2D eigenvalue weighted by Crippen LogP contribution is -2.59. The van der Waals surface area contributed by atoms with Crippen LogP contribution in [-0.2, 0) is 4.79 Å². The summed E-state index contributed by atoms with van der Waals surface area (Å²) < 4.78 is 0.662. The van der Waals surface area contributed by atoms with Crippen LogP contribution in [-0.4, -0.2) is 38.7 Å². The van der Waals surface area contributed by atoms with E-state index < -0.39 is 11.4 Å². The lowest BCUT2D eigenvalue weighted by Gasteiger charge is -2.36. The highest BCUT2D eigenvalue weighted by Crippen LogP contribution is 2.20. The van der Waals surface area contributed by atoms with E-state index in [1.54, 1.807) is 13.8 Å². The summed E-state index contributed by atoms with van der Waals surface area (Å²) in [6.07, 6.45) is 0.529. The van der Waals surface area contributed by atoms with Gasteiger partial charge in [0, 0.05) is 6.42 Å². The van der Waals surface area contributed by atoms with Crippen molar-refractivity contribution in [2.45, 2.75) is 32.7 Å². The summed E-state index contributed by atoms with van der Waals surface area (Å²) in [5.41, 5.74) is -0.360. The van der Waals surface area contributed by atoms with Gasteiger partial charge in [-0.05, 0) is 13.8 Å². The van der Waals surface area contributed by atoms with Crippen LogP contribution in [0.5, 0.6) is 0 Å². The molecule has 1 aliphatic rings. The Morgan fingerprint density at radius 3 is 2.69 bits per heavy atom. The molecule has 0 aromatic carbocycles. The number of carbonyl (C=O) groups excluding carboxylic acids is 1. The molecule has 5 nitrogen and oxygen atoms in total. The summed E-state index contributed by atoms with van der Waals surface area (Å²) in [4.78, 5) is 11.1. The van der Waals surface area contributed by atoms with Gasteiger partial charge in [-0.2, -0.15) is 0 Å². The van der Waals surface area contributed by atoms with Crippen molar-refractivity contribution < 1.29 is 14.7 Å². The molecule has 0 atom stereocenters. The first kappa shape index (κ1) is 9.98. The zero-order valence-corrected chi connectivity index (χ0v) is 8.07. The number of hydrogen-bond donors (Lipinski definition) is 1. The minimum Gasteiger partial charge on any atom is -0.623 e. The van der Waals surface area contributed by atoms with E-state index in [-0.39, 0.29) is 6.54 Å². The molecule has 0 saturated carbocycles. The van der Waals surface area contributed by atoms with Crippen LogP contribution in [0, 0.1) is 5.21 Å². The quantitative estimate of drug-likeness (QED) is 0.365. The maximum absolute atomic E-state index is 11.3. The Morgan fingerprint density at radius 2 is 2.23 bits per heavy atom. The van der Waals surface area contributed by atoms with E-state index in [0.29, 0.717) is 21.9 Å². The number of hydrogen-bond acceptors (Lipinski definition) is 3. The molecule has 74 valence electrons. The van der Waals surface area contributed by atoms with Crippen molar-refractivity contribution in [3.8, 4) is 0 Å². The average Bonchev–Trinajstić information content (AvgIpc) is 2.01. The molecule has 0 aromatic rings. The molecule has 1 heterocycles. The molecule has 1 amide bonds. The van der Waals surface area contributed by atoms with E-state index >= 15 is 0 Å². The highest BCUT2D eigenvalue weighted by Gasteiger charge is 2.44. The van der Waals surface area contributed by atoms with Crippen molar-refractivity contribution >= 4 is 11.6 Å². The van der Waals surface area contributed by atoms with Crippen LogP contribution in [0.1, 0.15) is 27.2 Å². The SMILES string of the molecule is CCC1=[N+]([O-])CC(=O)N(O)C1(C)C. The summed E-state index contributed by atoms with van der Waals surface area (Å²) in [7, 11) is 0. The zero-order valence-electron chi connectivity index (χ0n) is 8.07. The van der Waals surface area contributed by atoms with Crippen molar-refractivity contribution in [2.24, 2.45) is 0 Å². The zero-order chi connectivity index (χ0) is 10.2. The first-order valence-electron chi connectivity index (χ1n) is 4.24. The van der Waals surface area contributed by atoms with Gasteiger partial charge in [0.05, 0.1) is 0 Å². The van der Waals surface area contributed by atoms with Crippen molar-refractivity contribution in [3.05, 3.63) is 5.21 Å². The molecule has 1 aliphatic heterocycles. The lowest BCUT2D eigenvalue weighted by molar-refractivity contribution is -0.463. The van der Waals surface area contributed by atoms with Crippen molar-refractivity contribution in [3.63, 3.8) is 0 Å². The topological polar surface area (TPSA) is 66.6 Å². The smallest absolute Gasteiger partial charge is 0.313 e. The van der Waals surface area contributed by atoms with Gasteiger partial charge in [0.1, 0.15) is 5.54 Å². The number of rotatable bonds is 1. The molecule has 0 aromatic heterocycles. The molecule has 1 rings (SSSR count). The molecular weight excluding hydrogens is 172 g/mol. The van der Waals surface area contributed by atoms with Crippen LogP contribution in [0.15, 0.2) is 0 Å². The highest BCUT2D eigenvalue weighted by molar-refractivity contribution is 5.95. The fraction of sp³-hybridized carbons (Fsp3) is 0.750. The predicted octanol–water partition coefficient (Wildman–Crippen LogP) is 0.358. The maximum atomic E-state index is 11.3. The minimum atomic E-state index is -0.883. The number of hydroxylamine groups is 3. The molecule has 0 radical (unpaired) electrons. The molecule has 0 fully saturated rings. The standard InChI is InChI=1S/C8H14N2O3/c1-4-6-8(2,3)10(13)7(11)5-9(6)12/h13H,4-5H2,1-3H3. The van der Waals surface area contributed by atoms with Gasteiger partial charge in [0.2, 0.25) is 6.54 Å². The monoisotopic (exact) mass is 186 g/mol. The number of carbonyl (C=O) groups is 1. The Bertz CT molecular complexity index is 271. The van der Waals surface area contributed by atoms with Gasteiger partial charge < -0.3 is 5.21 Å². The Labute approximate surface area is 76.8 Å². The molecule has 5 heteroatoms. The molecule has 13 heavy (non-hydrogen) atoms. The summed E-state index contributed by atoms with van der Waals surface area (Å²) in [6, 6.07) is 0. The summed E-state index contributed by atoms with van der Waals surface area (Å²) >= 11 is 0. The third-order valence-corrected chi connectivity index (χ3v) is 2.39. The molecule has 0 spiro atoms. The minimum absolute atomic E-state index is 0.289. The van der Waals surface area contributed by atoms with E-state index in [2.05, 4.69) is 0 Å². The van der Waals surface area contributed by atoms with Crippen LogP contribution < -0.4 is 0 Å². The maximum Gasteiger partial charge on any atom is 0.313 e. The molecule has 0 bridgehead atoms. The van der Waals surface area contributed by atoms with Gasteiger partial charge in [-0.3, -0.25) is 10.0 Å². The molecule has 0 saturated heterocycles. The molecule has 0 aliphatic carbocycles. The van der Waals surface area contributed by atoms with Crippen LogP contribution in [0.2, 0.25) is 0 Å². The van der Waals surface area contributed by atoms with E-state index in [1.807, 2.05) is 6.92 Å². The third-order valence-electron chi connectivity index (χ3n) is 2.39. The molecule has 0 unspecified atom stereocenters. The second-order valence-electron chi connectivity index (χ2n) is 3.60. The Morgan fingerprint density at radius 1 is 1.69 bits per heavy atom. The third kappa shape index (κ3) is 1.39. The van der Waals surface area contributed by atoms with E-state index in [1.165, 1.54) is 0 Å². The second kappa shape index (κ2) is 2.99. The fourth-order valence-corrected chi connectivity index (χ4v) is 1.63. The predicted molar refractivity (Wildman–Crippen MR) is 46.5 cm³/mol. The lowest BCUT2D eigenvalue weighted by atomic mass is 9.93. The van der Waals surface area contributed by atoms with E-state index in [4.69, 9.17) is 0 Å². The average molecular weight is 186 g/mol. The van der Waals surface area contributed by atoms with Crippen LogP contribution >= 0.6 is 0 Å². The summed E-state index contributed by atoms with van der Waals surface area (Å²) in [5.74, 6) is -0.558. The summed E-state index contributed by atoms with van der Waals surface area (Å²) in [6.45, 7) is 4.83. The first-order chi connectivity index (χ1) is 5.91. The van der Waals surface area contributed by atoms with Crippen LogP contribution in [0.25, 0.3) is 0 Å². The Hall–Kier alpha value is -1.10. The summed E-state index contributed by atoms with van der Waals surface area (Å²) in [5, 5.41) is 21.4. The van der Waals surface area contributed by atoms with Crippen molar-refractivity contribution in [2.75, 3.05) is 6.54 Å². The van der Waals surface area contributed by atoms with Crippen molar-refractivity contribution in [1.29, 1.82) is 0 Å². The number of amides is 1.